The maximum Gasteiger partial charge on any atom is 0.287 e. The highest BCUT2D eigenvalue weighted by atomic mass is 16.6. The van der Waals surface area contributed by atoms with Crippen LogP contribution in [0.4, 0.5) is 11.4 Å². The van der Waals surface area contributed by atoms with E-state index in [9.17, 15) is 10.1 Å². The van der Waals surface area contributed by atoms with Crippen LogP contribution in [0.2, 0.25) is 0 Å². The van der Waals surface area contributed by atoms with Crippen LogP contribution in [0.15, 0.2) is 18.2 Å². The number of hydrogen-bond donors (Lipinski definition) is 2. The van der Waals surface area contributed by atoms with Crippen molar-refractivity contribution in [3.63, 3.8) is 0 Å². The third-order valence-electron chi connectivity index (χ3n) is 3.84. The molecule has 0 saturated carbocycles. The van der Waals surface area contributed by atoms with Crippen LogP contribution in [0.5, 0.6) is 0 Å². The number of nitro benzene ring substituents is 1. The van der Waals surface area contributed by atoms with Gasteiger partial charge < -0.3 is 10.6 Å². The van der Waals surface area contributed by atoms with E-state index in [1.165, 1.54) is 6.07 Å². The summed E-state index contributed by atoms with van der Waals surface area (Å²) in [7, 11) is 0. The first kappa shape index (κ1) is 14.3. The zero-order chi connectivity index (χ0) is 14.6. The number of nitriles is 1. The Morgan fingerprint density at radius 1 is 1.50 bits per heavy atom. The highest BCUT2D eigenvalue weighted by Crippen LogP contribution is 2.29. The Morgan fingerprint density at radius 2 is 2.20 bits per heavy atom. The monoisotopic (exact) mass is 274 g/mol. The molecule has 6 nitrogen and oxygen atoms in total. The van der Waals surface area contributed by atoms with E-state index in [0.29, 0.717) is 0 Å². The number of rotatable bonds is 4. The van der Waals surface area contributed by atoms with Gasteiger partial charge in [-0.3, -0.25) is 10.1 Å². The Morgan fingerprint density at radius 3 is 2.80 bits per heavy atom. The first-order chi connectivity index (χ1) is 9.54. The molecule has 1 aliphatic rings. The summed E-state index contributed by atoms with van der Waals surface area (Å²) in [6.45, 7) is 5.07. The SMILES string of the molecule is CC1(CNc2ccc([N+](=O)[O-])c(C#N)c2)CCNCC1. The molecule has 0 aliphatic carbocycles. The molecule has 0 spiro atoms. The van der Waals surface area contributed by atoms with Crippen molar-refractivity contribution >= 4 is 11.4 Å². The normalized spacial score (nSPS) is 17.2. The first-order valence-corrected chi connectivity index (χ1v) is 6.67. The largest absolute Gasteiger partial charge is 0.384 e. The Balaban J connectivity index is 2.07. The van der Waals surface area contributed by atoms with Crippen molar-refractivity contribution in [3.05, 3.63) is 33.9 Å². The van der Waals surface area contributed by atoms with Gasteiger partial charge in [-0.15, -0.1) is 0 Å². The Bertz CT molecular complexity index is 545. The molecule has 106 valence electrons. The fourth-order valence-corrected chi connectivity index (χ4v) is 2.42. The standard InChI is InChI=1S/C14H18N4O2/c1-14(4-6-16-7-5-14)10-17-12-2-3-13(18(19)20)11(8-12)9-15/h2-3,8,16-17H,4-7,10H2,1H3. The number of nitrogens with zero attached hydrogens (tertiary/aromatic N) is 2. The molecule has 0 radical (unpaired) electrons. The van der Waals surface area contributed by atoms with Crippen LogP contribution in [-0.4, -0.2) is 24.6 Å². The smallest absolute Gasteiger partial charge is 0.287 e. The zero-order valence-electron chi connectivity index (χ0n) is 11.5. The van der Waals surface area contributed by atoms with E-state index in [4.69, 9.17) is 5.26 Å². The van der Waals surface area contributed by atoms with Crippen LogP contribution >= 0.6 is 0 Å². The molecule has 2 rings (SSSR count). The van der Waals surface area contributed by atoms with Crippen LogP contribution in [0.1, 0.15) is 25.3 Å². The van der Waals surface area contributed by atoms with Crippen LogP contribution < -0.4 is 10.6 Å². The summed E-state index contributed by atoms with van der Waals surface area (Å²) in [6, 6.07) is 6.45. The number of anilines is 1. The van der Waals surface area contributed by atoms with E-state index in [1.807, 2.05) is 6.07 Å². The van der Waals surface area contributed by atoms with Crippen molar-refractivity contribution in [2.75, 3.05) is 25.0 Å². The van der Waals surface area contributed by atoms with E-state index < -0.39 is 4.92 Å². The second-order valence-corrected chi connectivity index (χ2v) is 5.52. The van der Waals surface area contributed by atoms with Crippen molar-refractivity contribution in [2.45, 2.75) is 19.8 Å². The topological polar surface area (TPSA) is 91.0 Å². The van der Waals surface area contributed by atoms with Crippen LogP contribution in [0, 0.1) is 26.9 Å². The lowest BCUT2D eigenvalue weighted by molar-refractivity contribution is -0.385. The summed E-state index contributed by atoms with van der Waals surface area (Å²) >= 11 is 0. The first-order valence-electron chi connectivity index (χ1n) is 6.67. The quantitative estimate of drug-likeness (QED) is 0.649. The molecule has 1 saturated heterocycles. The fourth-order valence-electron chi connectivity index (χ4n) is 2.42. The molecule has 1 aliphatic heterocycles. The lowest BCUT2D eigenvalue weighted by Gasteiger charge is -2.34. The Hall–Kier alpha value is -2.13. The van der Waals surface area contributed by atoms with E-state index in [-0.39, 0.29) is 16.7 Å². The lowest BCUT2D eigenvalue weighted by atomic mass is 9.81. The minimum Gasteiger partial charge on any atom is -0.384 e. The number of nitrogens with one attached hydrogen (secondary N) is 2. The Labute approximate surface area is 117 Å². The minimum absolute atomic E-state index is 0.0930. The van der Waals surface area contributed by atoms with Gasteiger partial charge in [-0.25, -0.2) is 0 Å². The molecule has 1 fully saturated rings. The fraction of sp³-hybridized carbons (Fsp3) is 0.500. The molecule has 1 heterocycles. The minimum atomic E-state index is -0.531. The van der Waals surface area contributed by atoms with Crippen LogP contribution in [-0.2, 0) is 0 Å². The number of benzene rings is 1. The maximum atomic E-state index is 10.8. The summed E-state index contributed by atoms with van der Waals surface area (Å²) in [4.78, 5) is 10.2. The van der Waals surface area contributed by atoms with Gasteiger partial charge in [-0.05, 0) is 43.5 Å². The van der Waals surface area contributed by atoms with Crippen molar-refractivity contribution in [2.24, 2.45) is 5.41 Å². The second-order valence-electron chi connectivity index (χ2n) is 5.52. The van der Waals surface area contributed by atoms with Gasteiger partial charge in [-0.2, -0.15) is 5.26 Å². The average molecular weight is 274 g/mol. The molecule has 0 amide bonds. The molecule has 0 bridgehead atoms. The summed E-state index contributed by atoms with van der Waals surface area (Å²) in [6.07, 6.45) is 2.19. The summed E-state index contributed by atoms with van der Waals surface area (Å²) in [5.74, 6) is 0. The molecule has 1 aromatic carbocycles. The molecular weight excluding hydrogens is 256 g/mol. The van der Waals surface area contributed by atoms with Gasteiger partial charge in [0.15, 0.2) is 0 Å². The van der Waals surface area contributed by atoms with Crippen molar-refractivity contribution in [3.8, 4) is 6.07 Å². The molecule has 0 aromatic heterocycles. The van der Waals surface area contributed by atoms with Gasteiger partial charge in [0.25, 0.3) is 5.69 Å². The number of hydrogen-bond acceptors (Lipinski definition) is 5. The van der Waals surface area contributed by atoms with Crippen molar-refractivity contribution < 1.29 is 4.92 Å². The summed E-state index contributed by atoms with van der Waals surface area (Å²) in [5.41, 5.74) is 0.924. The van der Waals surface area contributed by atoms with E-state index in [0.717, 1.165) is 38.2 Å². The molecule has 1 aromatic rings. The Kier molecular flexibility index (Phi) is 4.20. The molecular formula is C14H18N4O2. The maximum absolute atomic E-state index is 10.8. The second kappa shape index (κ2) is 5.88. The molecule has 0 unspecified atom stereocenters. The predicted octanol–water partition coefficient (Wildman–Crippen LogP) is 2.27. The van der Waals surface area contributed by atoms with Crippen molar-refractivity contribution in [1.82, 2.24) is 5.32 Å². The zero-order valence-corrected chi connectivity index (χ0v) is 11.5. The van der Waals surface area contributed by atoms with Gasteiger partial charge in [-0.1, -0.05) is 6.92 Å². The average Bonchev–Trinajstić information content (AvgIpc) is 2.45. The van der Waals surface area contributed by atoms with Gasteiger partial charge >= 0.3 is 0 Å². The molecule has 20 heavy (non-hydrogen) atoms. The van der Waals surface area contributed by atoms with Gasteiger partial charge in [0.05, 0.1) is 4.92 Å². The van der Waals surface area contributed by atoms with E-state index >= 15 is 0 Å². The number of piperidine rings is 1. The van der Waals surface area contributed by atoms with Crippen LogP contribution in [0.25, 0.3) is 0 Å². The predicted molar refractivity (Wildman–Crippen MR) is 76.5 cm³/mol. The highest BCUT2D eigenvalue weighted by molar-refractivity contribution is 5.58. The van der Waals surface area contributed by atoms with E-state index in [2.05, 4.69) is 17.6 Å². The van der Waals surface area contributed by atoms with Gasteiger partial charge in [0.1, 0.15) is 11.6 Å². The third-order valence-corrected chi connectivity index (χ3v) is 3.84. The third kappa shape index (κ3) is 3.25. The van der Waals surface area contributed by atoms with Gasteiger partial charge in [0.2, 0.25) is 0 Å². The van der Waals surface area contributed by atoms with E-state index in [1.54, 1.807) is 12.1 Å². The molecule has 0 atom stereocenters. The summed E-state index contributed by atoms with van der Waals surface area (Å²) < 4.78 is 0. The number of nitro groups is 1. The lowest BCUT2D eigenvalue weighted by Crippen LogP contribution is -2.39. The summed E-state index contributed by atoms with van der Waals surface area (Å²) in [5, 5.41) is 26.4. The molecule has 6 heteroatoms. The molecule has 2 N–H and O–H groups in total. The highest BCUT2D eigenvalue weighted by Gasteiger charge is 2.26. The van der Waals surface area contributed by atoms with Gasteiger partial charge in [0, 0.05) is 18.3 Å². The van der Waals surface area contributed by atoms with Crippen LogP contribution in [0.3, 0.4) is 0 Å². The van der Waals surface area contributed by atoms with Crippen molar-refractivity contribution in [1.29, 1.82) is 5.26 Å².